The maximum absolute atomic E-state index is 5.87. The zero-order chi connectivity index (χ0) is 7.78. The molecule has 0 radical (unpaired) electrons. The molecule has 0 bridgehead atoms. The van der Waals surface area contributed by atoms with Gasteiger partial charge in [0.1, 0.15) is 0 Å². The van der Waals surface area contributed by atoms with Crippen LogP contribution in [0.5, 0.6) is 0 Å². The van der Waals surface area contributed by atoms with E-state index >= 15 is 0 Å². The Balaban J connectivity index is 2.49. The second-order valence-electron chi connectivity index (χ2n) is 3.92. The third-order valence-corrected chi connectivity index (χ3v) is 2.20. The fourth-order valence-corrected chi connectivity index (χ4v) is 1.31. The second kappa shape index (κ2) is 2.51. The monoisotopic (exact) mass is 143 g/mol. The molecule has 60 valence electrons. The van der Waals surface area contributed by atoms with E-state index in [1.165, 1.54) is 0 Å². The molecule has 1 saturated heterocycles. The Morgan fingerprint density at radius 3 is 2.50 bits per heavy atom. The van der Waals surface area contributed by atoms with Crippen molar-refractivity contribution in [1.82, 2.24) is 0 Å². The molecule has 1 heterocycles. The van der Waals surface area contributed by atoms with Gasteiger partial charge in [-0.1, -0.05) is 6.92 Å². The molecule has 1 fully saturated rings. The van der Waals surface area contributed by atoms with Crippen molar-refractivity contribution >= 4 is 0 Å². The van der Waals surface area contributed by atoms with Gasteiger partial charge >= 0.3 is 0 Å². The Labute approximate surface area is 62.7 Å². The summed E-state index contributed by atoms with van der Waals surface area (Å²) in [5, 5.41) is 0. The second-order valence-corrected chi connectivity index (χ2v) is 3.92. The van der Waals surface area contributed by atoms with Crippen molar-refractivity contribution in [3.8, 4) is 0 Å². The first kappa shape index (κ1) is 8.02. The van der Waals surface area contributed by atoms with Crippen molar-refractivity contribution in [3.05, 3.63) is 0 Å². The van der Waals surface area contributed by atoms with E-state index < -0.39 is 0 Å². The smallest absolute Gasteiger partial charge is 0.0641 e. The Morgan fingerprint density at radius 2 is 2.10 bits per heavy atom. The van der Waals surface area contributed by atoms with E-state index in [1.807, 2.05) is 0 Å². The van der Waals surface area contributed by atoms with Crippen LogP contribution >= 0.6 is 0 Å². The lowest BCUT2D eigenvalue weighted by Crippen LogP contribution is -2.46. The summed E-state index contributed by atoms with van der Waals surface area (Å²) in [6, 6.07) is 0.323. The van der Waals surface area contributed by atoms with Gasteiger partial charge in [-0.25, -0.2) is 0 Å². The summed E-state index contributed by atoms with van der Waals surface area (Å²) in [7, 11) is 0. The molecular weight excluding hydrogens is 126 g/mol. The van der Waals surface area contributed by atoms with Crippen LogP contribution in [-0.2, 0) is 4.74 Å². The van der Waals surface area contributed by atoms with E-state index in [-0.39, 0.29) is 5.60 Å². The predicted octanol–water partition coefficient (Wildman–Crippen LogP) is 1.15. The molecule has 0 unspecified atom stereocenters. The third kappa shape index (κ3) is 1.70. The van der Waals surface area contributed by atoms with Gasteiger partial charge in [0.25, 0.3) is 0 Å². The van der Waals surface area contributed by atoms with Gasteiger partial charge in [0.05, 0.1) is 12.2 Å². The highest BCUT2D eigenvalue weighted by molar-refractivity contribution is 4.84. The Hall–Kier alpha value is -0.0800. The molecule has 10 heavy (non-hydrogen) atoms. The molecule has 2 atom stereocenters. The van der Waals surface area contributed by atoms with Crippen LogP contribution in [0.25, 0.3) is 0 Å². The first-order chi connectivity index (χ1) is 4.51. The van der Waals surface area contributed by atoms with E-state index in [0.29, 0.717) is 12.0 Å². The average molecular weight is 143 g/mol. The molecule has 0 aromatic carbocycles. The Morgan fingerprint density at radius 1 is 1.50 bits per heavy atom. The van der Waals surface area contributed by atoms with Crippen LogP contribution in [0.15, 0.2) is 0 Å². The van der Waals surface area contributed by atoms with Crippen LogP contribution < -0.4 is 5.73 Å². The van der Waals surface area contributed by atoms with E-state index in [1.54, 1.807) is 0 Å². The molecule has 0 aliphatic carbocycles. The average Bonchev–Trinajstić information content (AvgIpc) is 1.79. The standard InChI is InChI=1S/C8H17NO/c1-6-5-10-8(2,3)4-7(6)9/h6-7H,4-5,9H2,1-3H3/t6-,7+/m0/s1. The van der Waals surface area contributed by atoms with Crippen LogP contribution in [0.4, 0.5) is 0 Å². The molecule has 0 spiro atoms. The number of nitrogens with two attached hydrogens (primary N) is 1. The van der Waals surface area contributed by atoms with Gasteiger partial charge in [-0.2, -0.15) is 0 Å². The first-order valence-electron chi connectivity index (χ1n) is 3.91. The molecule has 0 amide bonds. The molecule has 2 N–H and O–H groups in total. The first-order valence-corrected chi connectivity index (χ1v) is 3.91. The van der Waals surface area contributed by atoms with Crippen molar-refractivity contribution in [3.63, 3.8) is 0 Å². The predicted molar refractivity (Wildman–Crippen MR) is 41.8 cm³/mol. The highest BCUT2D eigenvalue weighted by Gasteiger charge is 2.30. The van der Waals surface area contributed by atoms with E-state index in [2.05, 4.69) is 20.8 Å². The summed E-state index contributed by atoms with van der Waals surface area (Å²) in [6.07, 6.45) is 0.980. The lowest BCUT2D eigenvalue weighted by Gasteiger charge is -2.37. The summed E-state index contributed by atoms with van der Waals surface area (Å²) in [4.78, 5) is 0. The molecule has 0 aromatic heterocycles. The number of hydrogen-bond acceptors (Lipinski definition) is 2. The number of ether oxygens (including phenoxy) is 1. The van der Waals surface area contributed by atoms with Crippen molar-refractivity contribution in [2.24, 2.45) is 11.7 Å². The van der Waals surface area contributed by atoms with Crippen LogP contribution in [0.1, 0.15) is 27.2 Å². The zero-order valence-electron chi connectivity index (χ0n) is 7.05. The molecule has 0 aromatic rings. The van der Waals surface area contributed by atoms with Gasteiger partial charge in [-0.05, 0) is 26.2 Å². The van der Waals surface area contributed by atoms with Crippen molar-refractivity contribution in [2.45, 2.75) is 38.8 Å². The summed E-state index contributed by atoms with van der Waals surface area (Å²) >= 11 is 0. The zero-order valence-corrected chi connectivity index (χ0v) is 7.05. The quantitative estimate of drug-likeness (QED) is 0.552. The topological polar surface area (TPSA) is 35.2 Å². The van der Waals surface area contributed by atoms with Gasteiger partial charge in [-0.3, -0.25) is 0 Å². The minimum absolute atomic E-state index is 0.00588. The van der Waals surface area contributed by atoms with Crippen LogP contribution in [0, 0.1) is 5.92 Å². The maximum atomic E-state index is 5.87. The van der Waals surface area contributed by atoms with E-state index in [9.17, 15) is 0 Å². The Kier molecular flexibility index (Phi) is 2.02. The van der Waals surface area contributed by atoms with Crippen molar-refractivity contribution in [2.75, 3.05) is 6.61 Å². The molecule has 1 aliphatic heterocycles. The Bertz CT molecular complexity index is 122. The molecular formula is C8H17NO. The summed E-state index contributed by atoms with van der Waals surface area (Å²) < 4.78 is 5.57. The minimum atomic E-state index is 0.00588. The van der Waals surface area contributed by atoms with Gasteiger partial charge in [-0.15, -0.1) is 0 Å². The number of rotatable bonds is 0. The number of hydrogen-bond donors (Lipinski definition) is 1. The lowest BCUT2D eigenvalue weighted by molar-refractivity contribution is -0.0808. The van der Waals surface area contributed by atoms with Gasteiger partial charge < -0.3 is 10.5 Å². The van der Waals surface area contributed by atoms with E-state index in [0.717, 1.165) is 13.0 Å². The summed E-state index contributed by atoms with van der Waals surface area (Å²) in [6.45, 7) is 7.14. The van der Waals surface area contributed by atoms with Crippen molar-refractivity contribution < 1.29 is 4.74 Å². The summed E-state index contributed by atoms with van der Waals surface area (Å²) in [5.74, 6) is 0.521. The van der Waals surface area contributed by atoms with Gasteiger partial charge in [0.15, 0.2) is 0 Å². The highest BCUT2D eigenvalue weighted by Crippen LogP contribution is 2.25. The summed E-state index contributed by atoms with van der Waals surface area (Å²) in [5.41, 5.74) is 5.88. The highest BCUT2D eigenvalue weighted by atomic mass is 16.5. The van der Waals surface area contributed by atoms with Gasteiger partial charge in [0, 0.05) is 6.04 Å². The minimum Gasteiger partial charge on any atom is -0.375 e. The van der Waals surface area contributed by atoms with Crippen molar-refractivity contribution in [1.29, 1.82) is 0 Å². The fraction of sp³-hybridized carbons (Fsp3) is 1.00. The SMILES string of the molecule is C[C@H]1COC(C)(C)C[C@H]1N. The maximum Gasteiger partial charge on any atom is 0.0641 e. The molecule has 1 aliphatic rings. The van der Waals surface area contributed by atoms with Crippen LogP contribution in [-0.4, -0.2) is 18.2 Å². The van der Waals surface area contributed by atoms with Crippen LogP contribution in [0.2, 0.25) is 0 Å². The third-order valence-electron chi connectivity index (χ3n) is 2.20. The molecule has 1 rings (SSSR count). The largest absolute Gasteiger partial charge is 0.375 e. The van der Waals surface area contributed by atoms with Gasteiger partial charge in [0.2, 0.25) is 0 Å². The normalized spacial score (nSPS) is 39.6. The van der Waals surface area contributed by atoms with E-state index in [4.69, 9.17) is 10.5 Å². The van der Waals surface area contributed by atoms with Crippen LogP contribution in [0.3, 0.4) is 0 Å². The lowest BCUT2D eigenvalue weighted by atomic mass is 9.88. The molecule has 2 heteroatoms. The molecule has 2 nitrogen and oxygen atoms in total. The fourth-order valence-electron chi connectivity index (χ4n) is 1.31. The molecule has 0 saturated carbocycles.